The number of likely N-dealkylation sites (tertiary alicyclic amines) is 1. The molecule has 1 heterocycles. The van der Waals surface area contributed by atoms with Gasteiger partial charge in [-0.3, -0.25) is 14.5 Å². The second-order valence-corrected chi connectivity index (χ2v) is 4.58. The molecule has 0 spiro atoms. The first-order valence-electron chi connectivity index (χ1n) is 6.36. The highest BCUT2D eigenvalue weighted by Crippen LogP contribution is 2.06. The van der Waals surface area contributed by atoms with Crippen LogP contribution in [0.2, 0.25) is 0 Å². The molecule has 0 aromatic heterocycles. The molecular formula is C12H23N3O2. The Morgan fingerprint density at radius 1 is 1.29 bits per heavy atom. The third-order valence-corrected chi connectivity index (χ3v) is 2.94. The van der Waals surface area contributed by atoms with E-state index in [0.29, 0.717) is 13.1 Å². The van der Waals surface area contributed by atoms with Crippen molar-refractivity contribution >= 4 is 11.8 Å². The summed E-state index contributed by atoms with van der Waals surface area (Å²) in [7, 11) is 1.68. The average molecular weight is 241 g/mol. The fraction of sp³-hybridized carbons (Fsp3) is 0.833. The van der Waals surface area contributed by atoms with E-state index in [2.05, 4.69) is 10.2 Å². The molecule has 17 heavy (non-hydrogen) atoms. The van der Waals surface area contributed by atoms with Crippen LogP contribution in [0, 0.1) is 0 Å². The fourth-order valence-electron chi connectivity index (χ4n) is 1.88. The molecule has 98 valence electrons. The van der Waals surface area contributed by atoms with Crippen LogP contribution < -0.4 is 5.32 Å². The van der Waals surface area contributed by atoms with Crippen LogP contribution in [-0.2, 0) is 9.59 Å². The highest BCUT2D eigenvalue weighted by Gasteiger charge is 2.18. The molecule has 1 fully saturated rings. The highest BCUT2D eigenvalue weighted by molar-refractivity contribution is 5.85. The lowest BCUT2D eigenvalue weighted by molar-refractivity contribution is -0.135. The Hall–Kier alpha value is -1.10. The Morgan fingerprint density at radius 2 is 1.94 bits per heavy atom. The van der Waals surface area contributed by atoms with Crippen molar-refractivity contribution in [3.63, 3.8) is 0 Å². The van der Waals surface area contributed by atoms with Gasteiger partial charge in [0.15, 0.2) is 0 Å². The zero-order valence-electron chi connectivity index (χ0n) is 10.9. The quantitative estimate of drug-likeness (QED) is 0.716. The van der Waals surface area contributed by atoms with E-state index >= 15 is 0 Å². The Kier molecular flexibility index (Phi) is 5.97. The predicted molar refractivity (Wildman–Crippen MR) is 66.6 cm³/mol. The van der Waals surface area contributed by atoms with Crippen molar-refractivity contribution in [3.8, 4) is 0 Å². The zero-order chi connectivity index (χ0) is 12.7. The smallest absolute Gasteiger partial charge is 0.239 e. The number of carbonyl (C=O) groups excluding carboxylic acids is 2. The molecule has 0 aromatic rings. The van der Waals surface area contributed by atoms with Gasteiger partial charge >= 0.3 is 0 Å². The monoisotopic (exact) mass is 241 g/mol. The molecule has 0 bridgehead atoms. The van der Waals surface area contributed by atoms with Crippen LogP contribution in [0.25, 0.3) is 0 Å². The second kappa shape index (κ2) is 7.27. The molecule has 0 aliphatic carbocycles. The molecule has 1 aliphatic rings. The molecule has 0 atom stereocenters. The molecule has 0 unspecified atom stereocenters. The van der Waals surface area contributed by atoms with Gasteiger partial charge in [0.25, 0.3) is 0 Å². The number of carbonyl (C=O) groups is 2. The van der Waals surface area contributed by atoms with Crippen molar-refractivity contribution < 1.29 is 9.59 Å². The Morgan fingerprint density at radius 3 is 2.53 bits per heavy atom. The molecule has 5 nitrogen and oxygen atoms in total. The van der Waals surface area contributed by atoms with Crippen molar-refractivity contribution in [1.29, 1.82) is 0 Å². The minimum atomic E-state index is -0.0795. The molecule has 2 amide bonds. The van der Waals surface area contributed by atoms with Crippen LogP contribution in [-0.4, -0.2) is 61.4 Å². The van der Waals surface area contributed by atoms with E-state index in [-0.39, 0.29) is 18.4 Å². The lowest BCUT2D eigenvalue weighted by Crippen LogP contribution is -2.42. The van der Waals surface area contributed by atoms with Crippen molar-refractivity contribution in [2.45, 2.75) is 26.2 Å². The molecule has 0 aromatic carbocycles. The van der Waals surface area contributed by atoms with E-state index in [1.165, 1.54) is 17.7 Å². The third kappa shape index (κ3) is 5.17. The van der Waals surface area contributed by atoms with Crippen LogP contribution in [0.15, 0.2) is 0 Å². The summed E-state index contributed by atoms with van der Waals surface area (Å²) in [6.45, 7) is 5.28. The maximum atomic E-state index is 11.8. The first-order chi connectivity index (χ1) is 8.13. The van der Waals surface area contributed by atoms with Crippen LogP contribution in [0.3, 0.4) is 0 Å². The first-order valence-corrected chi connectivity index (χ1v) is 6.36. The van der Waals surface area contributed by atoms with Crippen molar-refractivity contribution in [2.24, 2.45) is 0 Å². The van der Waals surface area contributed by atoms with Crippen LogP contribution in [0.4, 0.5) is 0 Å². The highest BCUT2D eigenvalue weighted by atomic mass is 16.2. The van der Waals surface area contributed by atoms with Gasteiger partial charge in [0.2, 0.25) is 11.8 Å². The number of amides is 2. The minimum Gasteiger partial charge on any atom is -0.355 e. The number of nitrogens with zero attached hydrogens (tertiary/aromatic N) is 2. The van der Waals surface area contributed by atoms with Gasteiger partial charge in [-0.25, -0.2) is 0 Å². The standard InChI is InChI=1S/C12H23N3O2/c1-3-6-13-11(16)9-14(2)12(17)10-15-7-4-5-8-15/h3-10H2,1-2H3,(H,13,16). The normalized spacial score (nSPS) is 15.9. The number of rotatable bonds is 6. The Balaban J connectivity index is 2.23. The largest absolute Gasteiger partial charge is 0.355 e. The van der Waals surface area contributed by atoms with Crippen molar-refractivity contribution in [1.82, 2.24) is 15.1 Å². The molecule has 1 rings (SSSR count). The van der Waals surface area contributed by atoms with Gasteiger partial charge in [-0.2, -0.15) is 0 Å². The van der Waals surface area contributed by atoms with E-state index < -0.39 is 0 Å². The second-order valence-electron chi connectivity index (χ2n) is 4.58. The van der Waals surface area contributed by atoms with E-state index in [1.54, 1.807) is 7.05 Å². The molecule has 0 radical (unpaired) electrons. The maximum absolute atomic E-state index is 11.8. The van der Waals surface area contributed by atoms with Gasteiger partial charge in [-0.1, -0.05) is 6.92 Å². The first kappa shape index (κ1) is 14.0. The number of nitrogens with one attached hydrogen (secondary N) is 1. The predicted octanol–water partition coefficient (Wildman–Crippen LogP) is 0.0668. The van der Waals surface area contributed by atoms with Gasteiger partial charge in [0.05, 0.1) is 13.1 Å². The summed E-state index contributed by atoms with van der Waals surface area (Å²) in [5, 5.41) is 2.77. The van der Waals surface area contributed by atoms with Crippen molar-refractivity contribution in [3.05, 3.63) is 0 Å². The van der Waals surface area contributed by atoms with E-state index in [4.69, 9.17) is 0 Å². The molecule has 1 saturated heterocycles. The van der Waals surface area contributed by atoms with Gasteiger partial charge < -0.3 is 10.2 Å². The van der Waals surface area contributed by atoms with E-state index in [1.807, 2.05) is 6.92 Å². The van der Waals surface area contributed by atoms with Crippen LogP contribution in [0.1, 0.15) is 26.2 Å². The van der Waals surface area contributed by atoms with Gasteiger partial charge in [-0.05, 0) is 32.4 Å². The van der Waals surface area contributed by atoms with Crippen LogP contribution >= 0.6 is 0 Å². The molecule has 5 heteroatoms. The average Bonchev–Trinajstić information content (AvgIpc) is 2.78. The van der Waals surface area contributed by atoms with Crippen molar-refractivity contribution in [2.75, 3.05) is 39.8 Å². The topological polar surface area (TPSA) is 52.7 Å². The minimum absolute atomic E-state index is 0.0264. The van der Waals surface area contributed by atoms with Gasteiger partial charge in [-0.15, -0.1) is 0 Å². The molecule has 0 saturated carbocycles. The molecular weight excluding hydrogens is 218 g/mol. The summed E-state index contributed by atoms with van der Waals surface area (Å²) in [6, 6.07) is 0. The summed E-state index contributed by atoms with van der Waals surface area (Å²) in [4.78, 5) is 26.9. The lowest BCUT2D eigenvalue weighted by atomic mass is 10.4. The summed E-state index contributed by atoms with van der Waals surface area (Å²) < 4.78 is 0. The Bertz CT molecular complexity index is 262. The third-order valence-electron chi connectivity index (χ3n) is 2.94. The summed E-state index contributed by atoms with van der Waals surface area (Å²) in [6.07, 6.45) is 3.26. The SMILES string of the molecule is CCCNC(=O)CN(C)C(=O)CN1CCCC1. The lowest BCUT2D eigenvalue weighted by Gasteiger charge is -2.20. The Labute approximate surface area is 103 Å². The maximum Gasteiger partial charge on any atom is 0.239 e. The summed E-state index contributed by atoms with van der Waals surface area (Å²) in [5.74, 6) is -0.0531. The molecule has 1 aliphatic heterocycles. The summed E-state index contributed by atoms with van der Waals surface area (Å²) in [5.41, 5.74) is 0. The van der Waals surface area contributed by atoms with Gasteiger partial charge in [0, 0.05) is 13.6 Å². The molecule has 1 N–H and O–H groups in total. The van der Waals surface area contributed by atoms with E-state index in [0.717, 1.165) is 19.5 Å². The fourth-order valence-corrected chi connectivity index (χ4v) is 1.88. The number of hydrogen-bond donors (Lipinski definition) is 1. The summed E-state index contributed by atoms with van der Waals surface area (Å²) >= 11 is 0. The number of hydrogen-bond acceptors (Lipinski definition) is 3. The number of likely N-dealkylation sites (N-methyl/N-ethyl adjacent to an activating group) is 1. The van der Waals surface area contributed by atoms with E-state index in [9.17, 15) is 9.59 Å². The van der Waals surface area contributed by atoms with Gasteiger partial charge in [0.1, 0.15) is 0 Å². The van der Waals surface area contributed by atoms with Crippen LogP contribution in [0.5, 0.6) is 0 Å². The zero-order valence-corrected chi connectivity index (χ0v) is 10.9.